The van der Waals surface area contributed by atoms with Gasteiger partial charge in [0.2, 0.25) is 0 Å². The number of hydrogen-bond donors (Lipinski definition) is 1. The maximum atomic E-state index is 12.8. The summed E-state index contributed by atoms with van der Waals surface area (Å²) in [7, 11) is 5.51. The third-order valence-corrected chi connectivity index (χ3v) is 10.6. The predicted octanol–water partition coefficient (Wildman–Crippen LogP) is 14.1. The van der Waals surface area contributed by atoms with Gasteiger partial charge < -0.3 is 23.8 Å². The Morgan fingerprint density at radius 1 is 0.516 bits per heavy atom. The van der Waals surface area contributed by atoms with E-state index in [1.165, 1.54) is 44.9 Å². The van der Waals surface area contributed by atoms with E-state index in [-0.39, 0.29) is 36.2 Å². The molecule has 0 radical (unpaired) electrons. The van der Waals surface area contributed by atoms with Crippen LogP contribution in [-0.2, 0) is 28.6 Å². The van der Waals surface area contributed by atoms with Gasteiger partial charge in [0.25, 0.3) is 0 Å². The maximum Gasteiger partial charge on any atom is 0.362 e. The first kappa shape index (κ1) is 58.5. The predicted molar refractivity (Wildman–Crippen MR) is 261 cm³/mol. The Balaban J connectivity index is 4.38. The minimum absolute atomic E-state index is 0.0418. The summed E-state index contributed by atoms with van der Waals surface area (Å²) in [6.45, 7) is 4.57. The van der Waals surface area contributed by atoms with Crippen LogP contribution in [0.2, 0.25) is 0 Å². The molecular weight excluding hydrogens is 775 g/mol. The lowest BCUT2D eigenvalue weighted by molar-refractivity contribution is -0.887. The molecule has 0 amide bonds. The molecule has 354 valence electrons. The Kier molecular flexibility index (Phi) is 41.6. The number of hydrogen-bond acceptors (Lipinski definition) is 6. The van der Waals surface area contributed by atoms with Gasteiger partial charge in [-0.1, -0.05) is 170 Å². The lowest BCUT2D eigenvalue weighted by Gasteiger charge is -2.31. The van der Waals surface area contributed by atoms with E-state index in [0.29, 0.717) is 19.3 Å². The van der Waals surface area contributed by atoms with Gasteiger partial charge in [0.15, 0.2) is 12.1 Å². The van der Waals surface area contributed by atoms with Gasteiger partial charge in [-0.2, -0.15) is 0 Å². The minimum Gasteiger partial charge on any atom is -0.477 e. The summed E-state index contributed by atoms with van der Waals surface area (Å²) in [6, 6.07) is -0.627. The van der Waals surface area contributed by atoms with Crippen LogP contribution < -0.4 is 0 Å². The van der Waals surface area contributed by atoms with Crippen LogP contribution in [0.5, 0.6) is 0 Å². The molecule has 0 saturated carbocycles. The van der Waals surface area contributed by atoms with E-state index >= 15 is 0 Å². The Bertz CT molecular complexity index is 1290. The standard InChI is InChI=1S/C54H91NO7/c1-6-8-10-12-14-16-18-20-22-24-26-27-29-30-32-34-36-38-40-42-44-52(56)61-49-50(48-60-47-46-51(54(58)59)55(3,4)5)62-53(57)45-43-41-39-37-35-33-31-28-25-23-21-19-17-15-13-11-9-7-2/h8,10,14,16,20,22-23,25-28,30-32,50-51H,6-7,9,11-13,15,17-19,21,24,29,33-49H2,1-5H3/p+1/b10-8+,16-14+,22-20+,25-23+,27-26+,31-28+,32-30+. The van der Waals surface area contributed by atoms with E-state index < -0.39 is 18.1 Å². The van der Waals surface area contributed by atoms with Crippen LogP contribution in [0.1, 0.15) is 187 Å². The number of carboxylic acid groups (broad SMARTS) is 1. The van der Waals surface area contributed by atoms with Crippen molar-refractivity contribution >= 4 is 17.9 Å². The number of quaternary nitrogens is 1. The molecule has 0 rings (SSSR count). The summed E-state index contributed by atoms with van der Waals surface area (Å²) in [5.74, 6) is -1.53. The summed E-state index contributed by atoms with van der Waals surface area (Å²) in [5.41, 5.74) is 0. The Morgan fingerprint density at radius 2 is 0.952 bits per heavy atom. The largest absolute Gasteiger partial charge is 0.477 e. The van der Waals surface area contributed by atoms with Gasteiger partial charge in [0.05, 0.1) is 34.4 Å². The monoisotopic (exact) mass is 867 g/mol. The van der Waals surface area contributed by atoms with E-state index in [9.17, 15) is 19.5 Å². The fourth-order valence-electron chi connectivity index (χ4n) is 6.76. The molecule has 8 heteroatoms. The van der Waals surface area contributed by atoms with Crippen molar-refractivity contribution in [2.24, 2.45) is 0 Å². The molecule has 1 N–H and O–H groups in total. The van der Waals surface area contributed by atoms with E-state index in [2.05, 4.69) is 98.9 Å². The number of ether oxygens (including phenoxy) is 3. The first-order valence-electron chi connectivity index (χ1n) is 24.6. The fourth-order valence-corrected chi connectivity index (χ4v) is 6.76. The van der Waals surface area contributed by atoms with Gasteiger partial charge in [-0.3, -0.25) is 9.59 Å². The van der Waals surface area contributed by atoms with Crippen LogP contribution in [-0.4, -0.2) is 80.6 Å². The van der Waals surface area contributed by atoms with Crippen LogP contribution in [0.4, 0.5) is 0 Å². The molecule has 62 heavy (non-hydrogen) atoms. The van der Waals surface area contributed by atoms with Gasteiger partial charge in [0.1, 0.15) is 6.61 Å². The van der Waals surface area contributed by atoms with Crippen molar-refractivity contribution in [3.05, 3.63) is 85.1 Å². The third kappa shape index (κ3) is 41.8. The lowest BCUT2D eigenvalue weighted by atomic mass is 10.1. The summed E-state index contributed by atoms with van der Waals surface area (Å²) in [4.78, 5) is 37.1. The molecule has 2 atom stereocenters. The Labute approximate surface area is 380 Å². The topological polar surface area (TPSA) is 99.1 Å². The molecule has 0 aliphatic carbocycles. The van der Waals surface area contributed by atoms with Crippen molar-refractivity contribution in [3.63, 3.8) is 0 Å². The number of carbonyl (C=O) groups is 3. The smallest absolute Gasteiger partial charge is 0.362 e. The Hall–Kier alpha value is -3.49. The second-order valence-electron chi connectivity index (χ2n) is 17.4. The number of carboxylic acids is 1. The van der Waals surface area contributed by atoms with Gasteiger partial charge in [-0.05, 0) is 83.5 Å². The molecule has 0 aliphatic rings. The van der Waals surface area contributed by atoms with Crippen molar-refractivity contribution in [2.75, 3.05) is 41.0 Å². The number of carbonyl (C=O) groups excluding carboxylic acids is 2. The van der Waals surface area contributed by atoms with E-state index in [4.69, 9.17) is 14.2 Å². The SMILES string of the molecule is CC/C=C/C/C=C/C/C=C/C/C=C/C/C=C/CCCCCCC(=O)OCC(COCCC(C(=O)O)[N+](C)(C)C)OC(=O)CCCCCCC/C=C/C=C/CCCCCCCCC. The summed E-state index contributed by atoms with van der Waals surface area (Å²) in [6.07, 6.45) is 57.7. The van der Waals surface area contributed by atoms with Crippen LogP contribution in [0.15, 0.2) is 85.1 Å². The Morgan fingerprint density at radius 3 is 1.44 bits per heavy atom. The van der Waals surface area contributed by atoms with Crippen molar-refractivity contribution in [1.82, 2.24) is 0 Å². The first-order valence-corrected chi connectivity index (χ1v) is 24.6. The zero-order valence-corrected chi connectivity index (χ0v) is 40.3. The normalized spacial score (nSPS) is 13.6. The molecule has 0 saturated heterocycles. The van der Waals surface area contributed by atoms with E-state index in [1.807, 2.05) is 21.1 Å². The van der Waals surface area contributed by atoms with Crippen molar-refractivity contribution in [1.29, 1.82) is 0 Å². The number of rotatable bonds is 43. The van der Waals surface area contributed by atoms with Crippen molar-refractivity contribution in [2.45, 2.75) is 199 Å². The minimum atomic E-state index is -0.884. The zero-order chi connectivity index (χ0) is 45.6. The lowest BCUT2D eigenvalue weighted by Crippen LogP contribution is -2.50. The third-order valence-electron chi connectivity index (χ3n) is 10.6. The summed E-state index contributed by atoms with van der Waals surface area (Å²) in [5, 5.41) is 9.64. The fraction of sp³-hybridized carbons (Fsp3) is 0.685. The molecule has 0 aromatic carbocycles. The quantitative estimate of drug-likeness (QED) is 0.0214. The maximum absolute atomic E-state index is 12.8. The average molecular weight is 867 g/mol. The van der Waals surface area contributed by atoms with Gasteiger partial charge in [-0.15, -0.1) is 0 Å². The molecule has 8 nitrogen and oxygen atoms in total. The number of allylic oxidation sites excluding steroid dienone is 14. The van der Waals surface area contributed by atoms with Gasteiger partial charge in [0, 0.05) is 19.3 Å². The highest BCUT2D eigenvalue weighted by atomic mass is 16.6. The summed E-state index contributed by atoms with van der Waals surface area (Å²) >= 11 is 0. The molecule has 0 aromatic rings. The molecule has 0 bridgehead atoms. The second kappa shape index (κ2) is 44.1. The highest BCUT2D eigenvalue weighted by Crippen LogP contribution is 2.13. The van der Waals surface area contributed by atoms with E-state index in [0.717, 1.165) is 109 Å². The average Bonchev–Trinajstić information content (AvgIpc) is 3.23. The molecular formula is C54H92NO7+. The van der Waals surface area contributed by atoms with E-state index in [1.54, 1.807) is 0 Å². The molecule has 0 fully saturated rings. The number of unbranched alkanes of at least 4 members (excludes halogenated alkanes) is 16. The highest BCUT2D eigenvalue weighted by molar-refractivity contribution is 5.72. The van der Waals surface area contributed by atoms with Gasteiger partial charge in [-0.25, -0.2) is 4.79 Å². The first-order chi connectivity index (χ1) is 30.1. The van der Waals surface area contributed by atoms with Crippen LogP contribution in [0, 0.1) is 0 Å². The molecule has 0 aromatic heterocycles. The zero-order valence-electron chi connectivity index (χ0n) is 40.3. The highest BCUT2D eigenvalue weighted by Gasteiger charge is 2.31. The summed E-state index contributed by atoms with van der Waals surface area (Å²) < 4.78 is 17.3. The van der Waals surface area contributed by atoms with Crippen LogP contribution in [0.25, 0.3) is 0 Å². The number of likely N-dealkylation sites (N-methyl/N-ethyl adjacent to an activating group) is 1. The number of esters is 2. The second-order valence-corrected chi connectivity index (χ2v) is 17.4. The number of aliphatic carboxylic acids is 1. The van der Waals surface area contributed by atoms with Crippen LogP contribution >= 0.6 is 0 Å². The molecule has 2 unspecified atom stereocenters. The molecule has 0 aliphatic heterocycles. The number of nitrogens with zero attached hydrogens (tertiary/aromatic N) is 1. The molecule has 0 spiro atoms. The van der Waals surface area contributed by atoms with Crippen molar-refractivity contribution < 1.29 is 38.2 Å². The van der Waals surface area contributed by atoms with Crippen molar-refractivity contribution in [3.8, 4) is 0 Å². The molecule has 0 heterocycles. The van der Waals surface area contributed by atoms with Crippen LogP contribution in [0.3, 0.4) is 0 Å². The van der Waals surface area contributed by atoms with Gasteiger partial charge >= 0.3 is 17.9 Å².